The van der Waals surface area contributed by atoms with Crippen molar-refractivity contribution < 1.29 is 28.2 Å². The first-order chi connectivity index (χ1) is 15.7. The van der Waals surface area contributed by atoms with Gasteiger partial charge in [0, 0.05) is 22.7 Å². The second-order valence-corrected chi connectivity index (χ2v) is 10.1. The number of sulfonamides is 1. The Morgan fingerprint density at radius 2 is 1.94 bits per heavy atom. The molecule has 0 unspecified atom stereocenters. The Hall–Kier alpha value is -3.01. The summed E-state index contributed by atoms with van der Waals surface area (Å²) in [5.74, 6) is -0.693. The fourth-order valence-corrected chi connectivity index (χ4v) is 5.75. The molecule has 1 heterocycles. The van der Waals surface area contributed by atoms with Gasteiger partial charge in [-0.3, -0.25) is 9.78 Å². The number of aliphatic hydroxyl groups is 1. The summed E-state index contributed by atoms with van der Waals surface area (Å²) in [7, 11) is -3.96. The van der Waals surface area contributed by atoms with E-state index in [2.05, 4.69) is 9.71 Å². The Morgan fingerprint density at radius 1 is 1.21 bits per heavy atom. The third-order valence-electron chi connectivity index (χ3n) is 6.25. The van der Waals surface area contributed by atoms with Crippen LogP contribution in [0.2, 0.25) is 0 Å². The van der Waals surface area contributed by atoms with Gasteiger partial charge >= 0.3 is 5.97 Å². The van der Waals surface area contributed by atoms with Crippen molar-refractivity contribution in [2.24, 2.45) is 5.41 Å². The van der Waals surface area contributed by atoms with Crippen molar-refractivity contribution in [2.45, 2.75) is 43.7 Å². The summed E-state index contributed by atoms with van der Waals surface area (Å²) in [6.45, 7) is 1.60. The molecule has 1 aliphatic rings. The van der Waals surface area contributed by atoms with Gasteiger partial charge < -0.3 is 14.9 Å². The monoisotopic (exact) mass is 470 g/mol. The van der Waals surface area contributed by atoms with E-state index in [9.17, 15) is 23.4 Å². The normalized spacial score (nSPS) is 20.7. The lowest BCUT2D eigenvalue weighted by Gasteiger charge is -2.29. The minimum atomic E-state index is -3.96. The van der Waals surface area contributed by atoms with Crippen molar-refractivity contribution in [2.75, 3.05) is 6.61 Å². The molecule has 3 N–H and O–H groups in total. The van der Waals surface area contributed by atoms with Crippen LogP contribution in [0.15, 0.2) is 59.5 Å². The van der Waals surface area contributed by atoms with Crippen LogP contribution in [-0.4, -0.2) is 42.2 Å². The zero-order valence-electron chi connectivity index (χ0n) is 18.2. The highest BCUT2D eigenvalue weighted by Gasteiger charge is 2.50. The lowest BCUT2D eigenvalue weighted by atomic mass is 9.84. The zero-order chi connectivity index (χ0) is 23.6. The average Bonchev–Trinajstić information content (AvgIpc) is 3.20. The quantitative estimate of drug-likeness (QED) is 0.462. The van der Waals surface area contributed by atoms with Gasteiger partial charge in [0.15, 0.2) is 0 Å². The molecule has 33 heavy (non-hydrogen) atoms. The predicted molar refractivity (Wildman–Crippen MR) is 122 cm³/mol. The first-order valence-corrected chi connectivity index (χ1v) is 12.2. The third kappa shape index (κ3) is 4.57. The molecule has 0 radical (unpaired) electrons. The number of rotatable bonds is 8. The number of aliphatic carboxylic acids is 1. The molecule has 2 aromatic carbocycles. The summed E-state index contributed by atoms with van der Waals surface area (Å²) in [5, 5.41) is 20.2. The van der Waals surface area contributed by atoms with E-state index in [-0.39, 0.29) is 11.3 Å². The van der Waals surface area contributed by atoms with Crippen molar-refractivity contribution >= 4 is 26.9 Å². The third-order valence-corrected chi connectivity index (χ3v) is 7.73. The zero-order valence-corrected chi connectivity index (χ0v) is 19.0. The molecule has 0 aliphatic heterocycles. The van der Waals surface area contributed by atoms with E-state index in [1.54, 1.807) is 12.1 Å². The highest BCUT2D eigenvalue weighted by atomic mass is 32.2. The number of nitrogens with one attached hydrogen (secondary N) is 1. The van der Waals surface area contributed by atoms with Crippen LogP contribution in [0.25, 0.3) is 10.9 Å². The summed E-state index contributed by atoms with van der Waals surface area (Å²) >= 11 is 0. The molecular formula is C24H26N2O6S. The van der Waals surface area contributed by atoms with Crippen molar-refractivity contribution in [3.8, 4) is 5.75 Å². The number of para-hydroxylation sites is 1. The van der Waals surface area contributed by atoms with Gasteiger partial charge in [0.2, 0.25) is 10.0 Å². The fraction of sp³-hybridized carbons (Fsp3) is 0.333. The molecule has 0 spiro atoms. The summed E-state index contributed by atoms with van der Waals surface area (Å²) in [6.07, 6.45) is 1.10. The van der Waals surface area contributed by atoms with Gasteiger partial charge in [0.25, 0.3) is 0 Å². The van der Waals surface area contributed by atoms with Crippen LogP contribution in [0, 0.1) is 12.3 Å². The van der Waals surface area contributed by atoms with Crippen molar-refractivity contribution in [3.63, 3.8) is 0 Å². The molecule has 1 aliphatic carbocycles. The van der Waals surface area contributed by atoms with Crippen LogP contribution in [0.4, 0.5) is 0 Å². The lowest BCUT2D eigenvalue weighted by Crippen LogP contribution is -2.50. The van der Waals surface area contributed by atoms with Crippen molar-refractivity contribution in [1.82, 2.24) is 9.71 Å². The van der Waals surface area contributed by atoms with E-state index in [4.69, 9.17) is 4.74 Å². The number of pyridine rings is 1. The van der Waals surface area contributed by atoms with E-state index in [1.807, 2.05) is 37.3 Å². The Bertz CT molecular complexity index is 1280. The number of aliphatic hydroxyl groups excluding tert-OH is 1. The number of ether oxygens (including phenoxy) is 1. The summed E-state index contributed by atoms with van der Waals surface area (Å²) in [6, 6.07) is 14.9. The van der Waals surface area contributed by atoms with Gasteiger partial charge in [-0.25, -0.2) is 13.1 Å². The molecule has 9 heteroatoms. The molecule has 1 saturated carbocycles. The number of carbonyl (C=O) groups is 1. The molecule has 3 aromatic rings. The molecule has 8 nitrogen and oxygen atoms in total. The predicted octanol–water partition coefficient (Wildman–Crippen LogP) is 3.02. The van der Waals surface area contributed by atoms with Gasteiger partial charge in [-0.2, -0.15) is 0 Å². The standard InChI is InChI=1S/C24H26N2O6S/c1-16-13-17(20-5-2-3-6-21(20)25-16)14-32-18-8-10-19(11-9-18)33(30,31)26-22-7-4-12-24(22,15-27)23(28)29/h2-3,5-6,8-11,13,22,26-27H,4,7,12,14-15H2,1H3,(H,28,29)/t22-,24-/m1/s1. The van der Waals surface area contributed by atoms with E-state index < -0.39 is 34.1 Å². The van der Waals surface area contributed by atoms with Gasteiger partial charge in [-0.15, -0.1) is 0 Å². The van der Waals surface area contributed by atoms with Crippen LogP contribution in [-0.2, 0) is 21.4 Å². The van der Waals surface area contributed by atoms with E-state index >= 15 is 0 Å². The molecule has 0 bridgehead atoms. The number of carboxylic acids is 1. The number of hydrogen-bond acceptors (Lipinski definition) is 6. The summed E-state index contributed by atoms with van der Waals surface area (Å²) in [4.78, 5) is 16.2. The van der Waals surface area contributed by atoms with Crippen LogP contribution >= 0.6 is 0 Å². The average molecular weight is 471 g/mol. The maximum atomic E-state index is 12.9. The maximum absolute atomic E-state index is 12.9. The maximum Gasteiger partial charge on any atom is 0.313 e. The number of aromatic nitrogens is 1. The molecular weight excluding hydrogens is 444 g/mol. The minimum Gasteiger partial charge on any atom is -0.489 e. The Labute approximate surface area is 192 Å². The second kappa shape index (κ2) is 9.09. The van der Waals surface area contributed by atoms with Gasteiger partial charge in [0.1, 0.15) is 17.8 Å². The number of fused-ring (bicyclic) bond motifs is 1. The number of nitrogens with zero attached hydrogens (tertiary/aromatic N) is 1. The Morgan fingerprint density at radius 3 is 2.64 bits per heavy atom. The summed E-state index contributed by atoms with van der Waals surface area (Å²) in [5.41, 5.74) is 1.25. The van der Waals surface area contributed by atoms with Crippen LogP contribution in [0.3, 0.4) is 0 Å². The molecule has 4 rings (SSSR count). The van der Waals surface area contributed by atoms with Gasteiger partial charge in [0.05, 0.1) is 17.0 Å². The molecule has 1 aromatic heterocycles. The molecule has 1 fully saturated rings. The van der Waals surface area contributed by atoms with Crippen LogP contribution in [0.5, 0.6) is 5.75 Å². The fourth-order valence-electron chi connectivity index (χ4n) is 4.40. The number of hydrogen-bond donors (Lipinski definition) is 3. The molecule has 0 saturated heterocycles. The SMILES string of the molecule is Cc1cc(COc2ccc(S(=O)(=O)N[C@@H]3CCC[C@]3(CO)C(=O)O)cc2)c2ccccc2n1. The van der Waals surface area contributed by atoms with Crippen molar-refractivity contribution in [1.29, 1.82) is 0 Å². The van der Waals surface area contributed by atoms with E-state index in [1.165, 1.54) is 12.1 Å². The van der Waals surface area contributed by atoms with Gasteiger partial charge in [-0.1, -0.05) is 24.6 Å². The number of carboxylic acid groups (broad SMARTS) is 1. The molecule has 0 amide bonds. The minimum absolute atomic E-state index is 0.00387. The highest BCUT2D eigenvalue weighted by molar-refractivity contribution is 7.89. The van der Waals surface area contributed by atoms with Crippen LogP contribution < -0.4 is 9.46 Å². The lowest BCUT2D eigenvalue weighted by molar-refractivity contribution is -0.152. The first kappa shape index (κ1) is 23.2. The van der Waals surface area contributed by atoms with Gasteiger partial charge in [-0.05, 0) is 56.2 Å². The largest absolute Gasteiger partial charge is 0.489 e. The number of benzene rings is 2. The van der Waals surface area contributed by atoms with E-state index in [0.29, 0.717) is 25.2 Å². The highest BCUT2D eigenvalue weighted by Crippen LogP contribution is 2.39. The number of aryl methyl sites for hydroxylation is 1. The Kier molecular flexibility index (Phi) is 6.38. The summed E-state index contributed by atoms with van der Waals surface area (Å²) < 4.78 is 34.1. The topological polar surface area (TPSA) is 126 Å². The molecule has 174 valence electrons. The second-order valence-electron chi connectivity index (χ2n) is 8.39. The van der Waals surface area contributed by atoms with Crippen LogP contribution in [0.1, 0.15) is 30.5 Å². The Balaban J connectivity index is 1.48. The smallest absolute Gasteiger partial charge is 0.313 e. The first-order valence-electron chi connectivity index (χ1n) is 10.7. The van der Waals surface area contributed by atoms with E-state index in [0.717, 1.165) is 22.2 Å². The van der Waals surface area contributed by atoms with Crippen molar-refractivity contribution in [3.05, 3.63) is 65.9 Å². The molecule has 2 atom stereocenters.